The molecule has 0 aromatic heterocycles. The number of hydrogen-bond donors (Lipinski definition) is 2. The van der Waals surface area contributed by atoms with E-state index in [0.717, 1.165) is 0 Å². The van der Waals surface area contributed by atoms with Crippen molar-refractivity contribution < 1.29 is 9.59 Å². The first-order valence-corrected chi connectivity index (χ1v) is 3.91. The van der Waals surface area contributed by atoms with Crippen LogP contribution in [-0.4, -0.2) is 42.4 Å². The molecule has 12 heavy (non-hydrogen) atoms. The molecule has 1 aliphatic heterocycles. The Morgan fingerprint density at radius 2 is 2.42 bits per heavy atom. The molecule has 3 N–H and O–H groups in total. The van der Waals surface area contributed by atoms with Gasteiger partial charge < -0.3 is 11.1 Å². The van der Waals surface area contributed by atoms with Crippen LogP contribution in [0.25, 0.3) is 0 Å². The number of nitrogens with two attached hydrogens (primary N) is 1. The summed E-state index contributed by atoms with van der Waals surface area (Å²) in [6.07, 6.45) is 0. The average molecular weight is 171 g/mol. The molecule has 1 saturated heterocycles. The first-order valence-electron chi connectivity index (χ1n) is 3.91. The van der Waals surface area contributed by atoms with Crippen LogP contribution in [0, 0.1) is 0 Å². The molecule has 1 heterocycles. The topological polar surface area (TPSA) is 75.4 Å². The molecule has 0 aliphatic carbocycles. The Morgan fingerprint density at radius 1 is 1.75 bits per heavy atom. The van der Waals surface area contributed by atoms with Crippen LogP contribution >= 0.6 is 0 Å². The maximum Gasteiger partial charge on any atom is 0.234 e. The summed E-state index contributed by atoms with van der Waals surface area (Å²) < 4.78 is 0. The highest BCUT2D eigenvalue weighted by molar-refractivity contribution is 5.82. The van der Waals surface area contributed by atoms with Gasteiger partial charge in [-0.15, -0.1) is 0 Å². The Hall–Kier alpha value is -1.10. The molecular formula is C7H13N3O2. The Labute approximate surface area is 70.9 Å². The van der Waals surface area contributed by atoms with E-state index in [1.165, 1.54) is 0 Å². The third kappa shape index (κ3) is 1.94. The van der Waals surface area contributed by atoms with E-state index in [-0.39, 0.29) is 24.4 Å². The standard InChI is InChI=1S/C7H13N3O2/c1-5(7(8)12)10-3-2-9-6(11)4-10/h5H,2-4H2,1H3,(H2,8,12)(H,9,11). The summed E-state index contributed by atoms with van der Waals surface area (Å²) in [6.45, 7) is 3.26. The number of amides is 2. The minimum Gasteiger partial charge on any atom is -0.368 e. The van der Waals surface area contributed by atoms with Crippen molar-refractivity contribution in [3.05, 3.63) is 0 Å². The molecule has 1 atom stereocenters. The van der Waals surface area contributed by atoms with Crippen LogP contribution in [0.3, 0.4) is 0 Å². The zero-order valence-electron chi connectivity index (χ0n) is 7.04. The highest BCUT2D eigenvalue weighted by Gasteiger charge is 2.23. The first kappa shape index (κ1) is 8.99. The van der Waals surface area contributed by atoms with Gasteiger partial charge in [-0.3, -0.25) is 14.5 Å². The van der Waals surface area contributed by atoms with Crippen LogP contribution in [0.15, 0.2) is 0 Å². The van der Waals surface area contributed by atoms with E-state index in [1.807, 2.05) is 0 Å². The van der Waals surface area contributed by atoms with Crippen molar-refractivity contribution in [2.24, 2.45) is 5.73 Å². The molecule has 0 aromatic rings. The maximum atomic E-state index is 10.9. The fourth-order valence-electron chi connectivity index (χ4n) is 1.17. The predicted molar refractivity (Wildman–Crippen MR) is 43.2 cm³/mol. The van der Waals surface area contributed by atoms with Crippen molar-refractivity contribution in [2.45, 2.75) is 13.0 Å². The second-order valence-corrected chi connectivity index (χ2v) is 2.90. The molecule has 1 fully saturated rings. The van der Waals surface area contributed by atoms with Gasteiger partial charge in [0.2, 0.25) is 11.8 Å². The van der Waals surface area contributed by atoms with Crippen molar-refractivity contribution in [3.8, 4) is 0 Å². The van der Waals surface area contributed by atoms with Crippen molar-refractivity contribution in [1.82, 2.24) is 10.2 Å². The summed E-state index contributed by atoms with van der Waals surface area (Å²) in [6, 6.07) is -0.351. The molecule has 2 amide bonds. The lowest BCUT2D eigenvalue weighted by molar-refractivity contribution is -0.128. The summed E-state index contributed by atoms with van der Waals surface area (Å²) in [5, 5.41) is 2.67. The lowest BCUT2D eigenvalue weighted by Crippen LogP contribution is -2.54. The van der Waals surface area contributed by atoms with Crippen LogP contribution in [0.4, 0.5) is 0 Å². The zero-order valence-corrected chi connectivity index (χ0v) is 7.04. The van der Waals surface area contributed by atoms with E-state index in [0.29, 0.717) is 13.1 Å². The van der Waals surface area contributed by atoms with E-state index in [1.54, 1.807) is 11.8 Å². The van der Waals surface area contributed by atoms with Gasteiger partial charge in [0, 0.05) is 13.1 Å². The normalized spacial score (nSPS) is 21.6. The average Bonchev–Trinajstić information content (AvgIpc) is 2.03. The fourth-order valence-corrected chi connectivity index (χ4v) is 1.17. The molecule has 1 rings (SSSR count). The fraction of sp³-hybridized carbons (Fsp3) is 0.714. The van der Waals surface area contributed by atoms with Crippen LogP contribution in [0.1, 0.15) is 6.92 Å². The van der Waals surface area contributed by atoms with E-state index in [2.05, 4.69) is 5.32 Å². The smallest absolute Gasteiger partial charge is 0.234 e. The predicted octanol–water partition coefficient (Wildman–Crippen LogP) is -1.71. The largest absolute Gasteiger partial charge is 0.368 e. The minimum absolute atomic E-state index is 0.0469. The summed E-state index contributed by atoms with van der Waals surface area (Å²) in [5.74, 6) is -0.431. The van der Waals surface area contributed by atoms with Gasteiger partial charge in [-0.1, -0.05) is 0 Å². The van der Waals surface area contributed by atoms with Gasteiger partial charge in [0.1, 0.15) is 0 Å². The SMILES string of the molecule is CC(C(N)=O)N1CCNC(=O)C1. The number of rotatable bonds is 2. The van der Waals surface area contributed by atoms with Gasteiger partial charge >= 0.3 is 0 Å². The monoisotopic (exact) mass is 171 g/mol. The number of carbonyl (C=O) groups is 2. The molecule has 0 spiro atoms. The zero-order chi connectivity index (χ0) is 9.14. The first-order chi connectivity index (χ1) is 5.61. The van der Waals surface area contributed by atoms with Crippen LogP contribution in [0.2, 0.25) is 0 Å². The van der Waals surface area contributed by atoms with Gasteiger partial charge in [-0.25, -0.2) is 0 Å². The molecule has 5 heteroatoms. The van der Waals surface area contributed by atoms with Crippen molar-refractivity contribution >= 4 is 11.8 Å². The Balaban J connectivity index is 2.51. The Kier molecular flexibility index (Phi) is 2.65. The number of hydrogen-bond acceptors (Lipinski definition) is 3. The van der Waals surface area contributed by atoms with Gasteiger partial charge in [-0.2, -0.15) is 0 Å². The van der Waals surface area contributed by atoms with Gasteiger partial charge in [-0.05, 0) is 6.92 Å². The lowest BCUT2D eigenvalue weighted by atomic mass is 10.2. The molecule has 1 unspecified atom stereocenters. The Morgan fingerprint density at radius 3 is 2.92 bits per heavy atom. The van der Waals surface area contributed by atoms with E-state index in [9.17, 15) is 9.59 Å². The summed E-state index contributed by atoms with van der Waals surface area (Å²) >= 11 is 0. The lowest BCUT2D eigenvalue weighted by Gasteiger charge is -2.29. The van der Waals surface area contributed by atoms with Gasteiger partial charge in [0.15, 0.2) is 0 Å². The van der Waals surface area contributed by atoms with Crippen molar-refractivity contribution in [1.29, 1.82) is 0 Å². The molecule has 0 radical (unpaired) electrons. The molecule has 68 valence electrons. The number of carbonyl (C=O) groups excluding carboxylic acids is 2. The van der Waals surface area contributed by atoms with Crippen LogP contribution in [-0.2, 0) is 9.59 Å². The van der Waals surface area contributed by atoms with E-state index < -0.39 is 0 Å². The third-order valence-corrected chi connectivity index (χ3v) is 2.03. The molecule has 0 aromatic carbocycles. The molecule has 1 aliphatic rings. The van der Waals surface area contributed by atoms with E-state index >= 15 is 0 Å². The number of nitrogens with zero attached hydrogens (tertiary/aromatic N) is 1. The number of nitrogens with one attached hydrogen (secondary N) is 1. The highest BCUT2D eigenvalue weighted by Crippen LogP contribution is 2.00. The van der Waals surface area contributed by atoms with Crippen molar-refractivity contribution in [2.75, 3.05) is 19.6 Å². The highest BCUT2D eigenvalue weighted by atomic mass is 16.2. The van der Waals surface area contributed by atoms with Crippen LogP contribution < -0.4 is 11.1 Å². The second-order valence-electron chi connectivity index (χ2n) is 2.90. The number of piperazine rings is 1. The summed E-state index contributed by atoms with van der Waals surface area (Å²) in [5.41, 5.74) is 5.10. The van der Waals surface area contributed by atoms with Gasteiger partial charge in [0.05, 0.1) is 12.6 Å². The molecule has 5 nitrogen and oxygen atoms in total. The van der Waals surface area contributed by atoms with Crippen molar-refractivity contribution in [3.63, 3.8) is 0 Å². The maximum absolute atomic E-state index is 10.9. The Bertz CT molecular complexity index is 203. The quantitative estimate of drug-likeness (QED) is 0.519. The van der Waals surface area contributed by atoms with Gasteiger partial charge in [0.25, 0.3) is 0 Å². The molecule has 0 bridgehead atoms. The molecule has 0 saturated carbocycles. The number of primary amides is 1. The summed E-state index contributed by atoms with van der Waals surface area (Å²) in [7, 11) is 0. The third-order valence-electron chi connectivity index (χ3n) is 2.03. The van der Waals surface area contributed by atoms with E-state index in [4.69, 9.17) is 5.73 Å². The molecular weight excluding hydrogens is 158 g/mol. The summed E-state index contributed by atoms with van der Waals surface area (Å²) in [4.78, 5) is 23.4. The van der Waals surface area contributed by atoms with Crippen LogP contribution in [0.5, 0.6) is 0 Å². The minimum atomic E-state index is -0.385. The second kappa shape index (κ2) is 3.53.